The van der Waals surface area contributed by atoms with Crippen LogP contribution in [0.25, 0.3) is 0 Å². The molecule has 2 atom stereocenters. The van der Waals surface area contributed by atoms with Crippen LogP contribution in [0.5, 0.6) is 5.75 Å². The van der Waals surface area contributed by atoms with E-state index in [2.05, 4.69) is 25.2 Å². The van der Waals surface area contributed by atoms with Gasteiger partial charge in [-0.1, -0.05) is 50.8 Å². The van der Waals surface area contributed by atoms with Gasteiger partial charge in [-0.2, -0.15) is 0 Å². The van der Waals surface area contributed by atoms with E-state index in [1.165, 1.54) is 24.8 Å². The molecule has 3 heteroatoms. The highest BCUT2D eigenvalue weighted by molar-refractivity contribution is 5.80. The summed E-state index contributed by atoms with van der Waals surface area (Å²) in [5, 5.41) is 3.03. The summed E-state index contributed by atoms with van der Waals surface area (Å²) in [6.07, 6.45) is 4.25. The Labute approximate surface area is 135 Å². The molecule has 0 aliphatic heterocycles. The van der Waals surface area contributed by atoms with Crippen LogP contribution in [0.4, 0.5) is 0 Å². The van der Waals surface area contributed by atoms with E-state index >= 15 is 0 Å². The lowest BCUT2D eigenvalue weighted by Gasteiger charge is -2.19. The minimum atomic E-state index is -0.468. The van der Waals surface area contributed by atoms with E-state index in [-0.39, 0.29) is 5.91 Å². The summed E-state index contributed by atoms with van der Waals surface area (Å²) in [6, 6.07) is 6.01. The molecule has 0 saturated heterocycles. The van der Waals surface area contributed by atoms with E-state index in [9.17, 15) is 4.79 Å². The number of hydrogen-bond acceptors (Lipinski definition) is 2. The van der Waals surface area contributed by atoms with Gasteiger partial charge in [0.05, 0.1) is 0 Å². The lowest BCUT2D eigenvalue weighted by molar-refractivity contribution is -0.127. The lowest BCUT2D eigenvalue weighted by Crippen LogP contribution is -2.38. The fourth-order valence-electron chi connectivity index (χ4n) is 2.51. The van der Waals surface area contributed by atoms with Crippen LogP contribution in [0, 0.1) is 19.8 Å². The van der Waals surface area contributed by atoms with E-state index in [4.69, 9.17) is 4.74 Å². The number of hydrogen-bond donors (Lipinski definition) is 1. The van der Waals surface area contributed by atoms with Crippen molar-refractivity contribution in [1.82, 2.24) is 5.32 Å². The number of rotatable bonds is 9. The molecule has 124 valence electrons. The maximum atomic E-state index is 12.2. The van der Waals surface area contributed by atoms with Crippen LogP contribution in [0.2, 0.25) is 0 Å². The number of benzene rings is 1. The molecule has 0 spiro atoms. The van der Waals surface area contributed by atoms with Gasteiger partial charge in [0.2, 0.25) is 0 Å². The summed E-state index contributed by atoms with van der Waals surface area (Å²) in [7, 11) is 0. The maximum Gasteiger partial charge on any atom is 0.260 e. The summed E-state index contributed by atoms with van der Waals surface area (Å²) >= 11 is 0. The molecule has 0 fully saturated rings. The van der Waals surface area contributed by atoms with Gasteiger partial charge in [0.15, 0.2) is 6.10 Å². The van der Waals surface area contributed by atoms with Gasteiger partial charge in [-0.3, -0.25) is 4.79 Å². The highest BCUT2D eigenvalue weighted by Gasteiger charge is 2.16. The zero-order chi connectivity index (χ0) is 16.5. The van der Waals surface area contributed by atoms with Crippen molar-refractivity contribution in [2.24, 2.45) is 5.92 Å². The van der Waals surface area contributed by atoms with E-state index < -0.39 is 6.10 Å². The van der Waals surface area contributed by atoms with Gasteiger partial charge in [0.25, 0.3) is 5.91 Å². The topological polar surface area (TPSA) is 38.3 Å². The second kappa shape index (κ2) is 9.50. The first-order chi connectivity index (χ1) is 10.5. The zero-order valence-corrected chi connectivity index (χ0v) is 14.7. The third-order valence-electron chi connectivity index (χ3n) is 4.11. The Morgan fingerprint density at radius 1 is 1.27 bits per heavy atom. The molecule has 3 nitrogen and oxygen atoms in total. The van der Waals surface area contributed by atoms with Crippen LogP contribution < -0.4 is 10.1 Å². The summed E-state index contributed by atoms with van der Waals surface area (Å²) in [5.74, 6) is 1.32. The second-order valence-corrected chi connectivity index (χ2v) is 6.19. The minimum Gasteiger partial charge on any atom is -0.481 e. The predicted molar refractivity (Wildman–Crippen MR) is 92.3 cm³/mol. The second-order valence-electron chi connectivity index (χ2n) is 6.19. The highest BCUT2D eigenvalue weighted by Crippen LogP contribution is 2.20. The van der Waals surface area contributed by atoms with Gasteiger partial charge in [0, 0.05) is 6.54 Å². The molecule has 1 aromatic rings. The molecular formula is C19H31NO2. The van der Waals surface area contributed by atoms with Crippen molar-refractivity contribution in [3.8, 4) is 5.75 Å². The lowest BCUT2D eigenvalue weighted by atomic mass is 9.99. The fourth-order valence-corrected chi connectivity index (χ4v) is 2.51. The molecule has 0 aliphatic rings. The Morgan fingerprint density at radius 2 is 2.00 bits per heavy atom. The number of amides is 1. The van der Waals surface area contributed by atoms with Crippen LogP contribution in [0.15, 0.2) is 18.2 Å². The van der Waals surface area contributed by atoms with Gasteiger partial charge in [0.1, 0.15) is 5.75 Å². The minimum absolute atomic E-state index is 0.0325. The third-order valence-corrected chi connectivity index (χ3v) is 4.11. The molecule has 0 saturated carbocycles. The van der Waals surface area contributed by atoms with Gasteiger partial charge in [-0.05, 0) is 44.7 Å². The van der Waals surface area contributed by atoms with E-state index in [1.807, 2.05) is 32.9 Å². The fraction of sp³-hybridized carbons (Fsp3) is 0.632. The van der Waals surface area contributed by atoms with Crippen molar-refractivity contribution < 1.29 is 9.53 Å². The first-order valence-corrected chi connectivity index (χ1v) is 8.49. The Bertz CT molecular complexity index is 471. The van der Waals surface area contributed by atoms with Gasteiger partial charge >= 0.3 is 0 Å². The monoisotopic (exact) mass is 305 g/mol. The normalized spacial score (nSPS) is 13.5. The molecule has 0 radical (unpaired) electrons. The molecular weight excluding hydrogens is 274 g/mol. The van der Waals surface area contributed by atoms with E-state index in [0.717, 1.165) is 24.3 Å². The maximum absolute atomic E-state index is 12.2. The van der Waals surface area contributed by atoms with Crippen molar-refractivity contribution in [2.45, 2.75) is 66.4 Å². The van der Waals surface area contributed by atoms with Crippen LogP contribution in [0.3, 0.4) is 0 Å². The van der Waals surface area contributed by atoms with Gasteiger partial charge in [-0.15, -0.1) is 0 Å². The number of carbonyl (C=O) groups excluding carboxylic acids is 1. The number of nitrogens with one attached hydrogen (secondary N) is 1. The molecule has 1 rings (SSSR count). The van der Waals surface area contributed by atoms with Crippen molar-refractivity contribution in [1.29, 1.82) is 0 Å². The van der Waals surface area contributed by atoms with Crippen LogP contribution >= 0.6 is 0 Å². The molecule has 22 heavy (non-hydrogen) atoms. The van der Waals surface area contributed by atoms with Crippen LogP contribution in [-0.2, 0) is 4.79 Å². The van der Waals surface area contributed by atoms with Gasteiger partial charge in [-0.25, -0.2) is 0 Å². The molecule has 0 bridgehead atoms. The first kappa shape index (κ1) is 18.5. The molecule has 1 aromatic carbocycles. The quantitative estimate of drug-likeness (QED) is 0.734. The molecule has 0 aromatic heterocycles. The van der Waals surface area contributed by atoms with Gasteiger partial charge < -0.3 is 10.1 Å². The Morgan fingerprint density at radius 3 is 2.59 bits per heavy atom. The Kier molecular flexibility index (Phi) is 8.00. The predicted octanol–water partition coefficient (Wildman–Crippen LogP) is 4.40. The molecule has 1 amide bonds. The molecule has 1 N–H and O–H groups in total. The largest absolute Gasteiger partial charge is 0.481 e. The number of ether oxygens (including phenoxy) is 1. The summed E-state index contributed by atoms with van der Waals surface area (Å²) in [4.78, 5) is 12.2. The van der Waals surface area contributed by atoms with Crippen molar-refractivity contribution in [2.75, 3.05) is 6.54 Å². The van der Waals surface area contributed by atoms with Crippen molar-refractivity contribution >= 4 is 5.91 Å². The summed E-state index contributed by atoms with van der Waals surface area (Å²) < 4.78 is 5.80. The highest BCUT2D eigenvalue weighted by atomic mass is 16.5. The van der Waals surface area contributed by atoms with E-state index in [0.29, 0.717) is 5.92 Å². The smallest absolute Gasteiger partial charge is 0.260 e. The summed E-state index contributed by atoms with van der Waals surface area (Å²) in [6.45, 7) is 11.0. The zero-order valence-electron chi connectivity index (χ0n) is 14.7. The molecule has 0 heterocycles. The molecule has 0 aliphatic carbocycles. The SMILES string of the molecule is CCCCC(CC)CNC(=O)C(C)Oc1ccc(C)cc1C. The van der Waals surface area contributed by atoms with Crippen LogP contribution in [-0.4, -0.2) is 18.6 Å². The molecule has 2 unspecified atom stereocenters. The first-order valence-electron chi connectivity index (χ1n) is 8.49. The average Bonchev–Trinajstić information content (AvgIpc) is 2.49. The average molecular weight is 305 g/mol. The number of unbranched alkanes of at least 4 members (excludes halogenated alkanes) is 1. The Balaban J connectivity index is 2.47. The number of carbonyl (C=O) groups is 1. The third kappa shape index (κ3) is 6.08. The van der Waals surface area contributed by atoms with E-state index in [1.54, 1.807) is 0 Å². The van der Waals surface area contributed by atoms with Crippen molar-refractivity contribution in [3.05, 3.63) is 29.3 Å². The Hall–Kier alpha value is -1.51. The number of aryl methyl sites for hydroxylation is 2. The standard InChI is InChI=1S/C19H31NO2/c1-6-8-9-17(7-2)13-20-19(21)16(5)22-18-11-10-14(3)12-15(18)4/h10-12,16-17H,6-9,13H2,1-5H3,(H,20,21). The van der Waals surface area contributed by atoms with Crippen molar-refractivity contribution in [3.63, 3.8) is 0 Å². The van der Waals surface area contributed by atoms with Crippen LogP contribution in [0.1, 0.15) is 57.6 Å². The summed E-state index contributed by atoms with van der Waals surface area (Å²) in [5.41, 5.74) is 2.26.